The summed E-state index contributed by atoms with van der Waals surface area (Å²) in [5, 5.41) is 13.3. The van der Waals surface area contributed by atoms with E-state index in [-0.39, 0.29) is 12.2 Å². The maximum absolute atomic E-state index is 12.5. The fourth-order valence-electron chi connectivity index (χ4n) is 2.67. The predicted molar refractivity (Wildman–Crippen MR) is 149 cm³/mol. The van der Waals surface area contributed by atoms with E-state index in [0.29, 0.717) is 21.5 Å². The maximum atomic E-state index is 12.5. The Bertz CT molecular complexity index is 1240. The van der Waals surface area contributed by atoms with Gasteiger partial charge in [0.2, 0.25) is 0 Å². The lowest BCUT2D eigenvalue weighted by Crippen LogP contribution is -2.13. The zero-order valence-corrected chi connectivity index (χ0v) is 23.5. The van der Waals surface area contributed by atoms with Gasteiger partial charge in [-0.1, -0.05) is 51.3 Å². The van der Waals surface area contributed by atoms with Crippen LogP contribution in [0.5, 0.6) is 5.75 Å². The number of hydrogen-bond donors (Lipinski definition) is 1. The molecule has 0 fully saturated rings. The smallest absolute Gasteiger partial charge is 0.266 e. The first-order chi connectivity index (χ1) is 15.3. The van der Waals surface area contributed by atoms with Crippen LogP contribution in [0.1, 0.15) is 11.1 Å². The van der Waals surface area contributed by atoms with E-state index in [2.05, 4.69) is 66.4 Å². The average molecular weight is 754 g/mol. The molecule has 1 amide bonds. The highest BCUT2D eigenvalue weighted by atomic mass is 127. The van der Waals surface area contributed by atoms with Gasteiger partial charge in [-0.05, 0) is 99.3 Å². The van der Waals surface area contributed by atoms with Gasteiger partial charge in [-0.15, -0.1) is 0 Å². The molecule has 0 saturated heterocycles. The summed E-state index contributed by atoms with van der Waals surface area (Å²) in [6, 6.07) is 18.1. The van der Waals surface area contributed by atoms with Crippen molar-refractivity contribution in [2.75, 3.05) is 5.32 Å². The summed E-state index contributed by atoms with van der Waals surface area (Å²) < 4.78 is 8.50. The number of carbonyl (C=O) groups excluding carboxylic acids is 1. The van der Waals surface area contributed by atoms with Crippen molar-refractivity contribution in [3.05, 3.63) is 93.0 Å². The number of nitrogens with one attached hydrogen (secondary N) is 1. The van der Waals surface area contributed by atoms with Gasteiger partial charge in [0, 0.05) is 25.8 Å². The minimum atomic E-state index is -0.478. The summed E-state index contributed by atoms with van der Waals surface area (Å²) in [4.78, 5) is 12.5. The van der Waals surface area contributed by atoms with E-state index in [4.69, 9.17) is 27.9 Å². The lowest BCUT2D eigenvalue weighted by molar-refractivity contribution is -0.112. The van der Waals surface area contributed by atoms with Crippen LogP contribution in [0.25, 0.3) is 6.08 Å². The molecule has 4 nitrogen and oxygen atoms in total. The second-order valence-corrected chi connectivity index (χ2v) is 10.6. The highest BCUT2D eigenvalue weighted by molar-refractivity contribution is 14.1. The second-order valence-electron chi connectivity index (χ2n) is 6.47. The van der Waals surface area contributed by atoms with Gasteiger partial charge >= 0.3 is 0 Å². The zero-order valence-electron chi connectivity index (χ0n) is 16.1. The molecular weight excluding hydrogens is 741 g/mol. The Balaban J connectivity index is 1.78. The predicted octanol–water partition coefficient (Wildman–Crippen LogP) is 8.09. The number of nitrogens with zero attached hydrogens (tertiary/aromatic N) is 1. The Hall–Kier alpha value is -1.32. The summed E-state index contributed by atoms with van der Waals surface area (Å²) >= 11 is 19.9. The Morgan fingerprint density at radius 3 is 2.47 bits per heavy atom. The Morgan fingerprint density at radius 1 is 1.12 bits per heavy atom. The monoisotopic (exact) mass is 752 g/mol. The van der Waals surface area contributed by atoms with Crippen LogP contribution in [0.3, 0.4) is 0 Å². The molecule has 32 heavy (non-hydrogen) atoms. The Labute approximate surface area is 231 Å². The molecule has 3 rings (SSSR count). The SMILES string of the molecule is N#C/C(=C/c1cc(I)c(OCc2ccc(Cl)cc2Cl)c(I)c1)C(=O)Nc1cccc(Br)c1. The van der Waals surface area contributed by atoms with Crippen LogP contribution in [0.15, 0.2) is 64.6 Å². The van der Waals surface area contributed by atoms with Crippen molar-refractivity contribution in [2.45, 2.75) is 6.61 Å². The lowest BCUT2D eigenvalue weighted by atomic mass is 10.1. The summed E-state index contributed by atoms with van der Waals surface area (Å²) in [6.07, 6.45) is 1.55. The van der Waals surface area contributed by atoms with Crippen molar-refractivity contribution in [3.8, 4) is 11.8 Å². The van der Waals surface area contributed by atoms with Gasteiger partial charge < -0.3 is 10.1 Å². The van der Waals surface area contributed by atoms with E-state index in [1.165, 1.54) is 0 Å². The number of hydrogen-bond acceptors (Lipinski definition) is 3. The number of anilines is 1. The molecule has 0 saturated carbocycles. The molecule has 1 N–H and O–H groups in total. The molecule has 0 aliphatic carbocycles. The molecule has 0 unspecified atom stereocenters. The quantitative estimate of drug-likeness (QED) is 0.157. The van der Waals surface area contributed by atoms with Crippen molar-refractivity contribution in [3.63, 3.8) is 0 Å². The number of amides is 1. The van der Waals surface area contributed by atoms with Crippen LogP contribution in [0.4, 0.5) is 5.69 Å². The van der Waals surface area contributed by atoms with Gasteiger partial charge in [0.15, 0.2) is 0 Å². The third-order valence-corrected chi connectivity index (χ3v) is 6.85. The summed E-state index contributed by atoms with van der Waals surface area (Å²) in [6.45, 7) is 0.287. The summed E-state index contributed by atoms with van der Waals surface area (Å²) in [7, 11) is 0. The molecule has 0 bridgehead atoms. The van der Waals surface area contributed by atoms with Crippen LogP contribution < -0.4 is 10.1 Å². The third-order valence-electron chi connectivity index (χ3n) is 4.17. The first-order valence-electron chi connectivity index (χ1n) is 9.01. The minimum Gasteiger partial charge on any atom is -0.487 e. The Morgan fingerprint density at radius 2 is 1.84 bits per heavy atom. The fourth-order valence-corrected chi connectivity index (χ4v) is 5.66. The molecule has 3 aromatic rings. The van der Waals surface area contributed by atoms with Crippen LogP contribution in [-0.2, 0) is 11.4 Å². The van der Waals surface area contributed by atoms with E-state index >= 15 is 0 Å². The van der Waals surface area contributed by atoms with Crippen LogP contribution in [0, 0.1) is 18.5 Å². The molecule has 0 spiro atoms. The first-order valence-corrected chi connectivity index (χ1v) is 12.7. The van der Waals surface area contributed by atoms with E-state index in [1.807, 2.05) is 30.3 Å². The van der Waals surface area contributed by atoms with E-state index in [9.17, 15) is 10.1 Å². The molecule has 0 aliphatic heterocycles. The van der Waals surface area contributed by atoms with Crippen molar-refractivity contribution < 1.29 is 9.53 Å². The molecule has 3 aromatic carbocycles. The summed E-state index contributed by atoms with van der Waals surface area (Å²) in [5.41, 5.74) is 2.14. The van der Waals surface area contributed by atoms with Gasteiger partial charge in [-0.25, -0.2) is 0 Å². The summed E-state index contributed by atoms with van der Waals surface area (Å²) in [5.74, 6) is 0.222. The van der Waals surface area contributed by atoms with Crippen LogP contribution >= 0.6 is 84.3 Å². The van der Waals surface area contributed by atoms with Crippen LogP contribution in [-0.4, -0.2) is 5.91 Å². The molecule has 9 heteroatoms. The molecular formula is C23H13BrCl2I2N2O2. The highest BCUT2D eigenvalue weighted by Crippen LogP contribution is 2.31. The second kappa shape index (κ2) is 11.7. The number of benzene rings is 3. The van der Waals surface area contributed by atoms with E-state index in [1.54, 1.807) is 36.4 Å². The largest absolute Gasteiger partial charge is 0.487 e. The highest BCUT2D eigenvalue weighted by Gasteiger charge is 2.13. The van der Waals surface area contributed by atoms with Gasteiger partial charge in [-0.3, -0.25) is 4.79 Å². The number of rotatable bonds is 6. The lowest BCUT2D eigenvalue weighted by Gasteiger charge is -2.13. The normalized spacial score (nSPS) is 11.1. The molecule has 0 aromatic heterocycles. The minimum absolute atomic E-state index is 0.00168. The third kappa shape index (κ3) is 6.84. The van der Waals surface area contributed by atoms with E-state index in [0.717, 1.165) is 22.7 Å². The molecule has 0 radical (unpaired) electrons. The number of ether oxygens (including phenoxy) is 1. The van der Waals surface area contributed by atoms with Gasteiger partial charge in [0.05, 0.1) is 7.14 Å². The number of nitriles is 1. The number of carbonyl (C=O) groups is 1. The fraction of sp³-hybridized carbons (Fsp3) is 0.0435. The van der Waals surface area contributed by atoms with Gasteiger partial charge in [0.25, 0.3) is 5.91 Å². The zero-order chi connectivity index (χ0) is 23.3. The van der Waals surface area contributed by atoms with E-state index < -0.39 is 5.91 Å². The van der Waals surface area contributed by atoms with Crippen molar-refractivity contribution in [1.29, 1.82) is 5.26 Å². The maximum Gasteiger partial charge on any atom is 0.266 e. The van der Waals surface area contributed by atoms with Crippen molar-refractivity contribution in [1.82, 2.24) is 0 Å². The topological polar surface area (TPSA) is 62.1 Å². The Kier molecular flexibility index (Phi) is 9.25. The first kappa shape index (κ1) is 25.3. The van der Waals surface area contributed by atoms with Crippen molar-refractivity contribution in [2.24, 2.45) is 0 Å². The molecule has 0 aliphatic rings. The van der Waals surface area contributed by atoms with Crippen molar-refractivity contribution >= 4 is 102 Å². The van der Waals surface area contributed by atoms with Crippen LogP contribution in [0.2, 0.25) is 10.0 Å². The molecule has 162 valence electrons. The molecule has 0 atom stereocenters. The van der Waals surface area contributed by atoms with Gasteiger partial charge in [-0.2, -0.15) is 5.26 Å². The molecule has 0 heterocycles. The average Bonchev–Trinajstić information content (AvgIpc) is 2.72. The van der Waals surface area contributed by atoms with Gasteiger partial charge in [0.1, 0.15) is 24.0 Å². The standard InChI is InChI=1S/C23H13BrCl2I2N2O2/c24-16-2-1-3-18(9-16)30-23(31)15(11-29)6-13-7-20(27)22(21(28)8-13)32-12-14-4-5-17(25)10-19(14)26/h1-10H,12H2,(H,30,31)/b15-6-. The number of halogens is 5.